The van der Waals surface area contributed by atoms with Crippen LogP contribution in [0.1, 0.15) is 25.0 Å². The standard InChI is InChI=1S/C10H12N2O3/c1-10(7-12(13)14)5-9(15-10)8-3-2-4-11-6-8/h2-4,6,9H,5,7H2,1H3. The molecule has 0 aromatic carbocycles. The third kappa shape index (κ3) is 2.12. The van der Waals surface area contributed by atoms with Crippen LogP contribution in [-0.4, -0.2) is 22.1 Å². The average molecular weight is 208 g/mol. The summed E-state index contributed by atoms with van der Waals surface area (Å²) in [7, 11) is 0. The molecule has 2 heterocycles. The first-order valence-electron chi connectivity index (χ1n) is 4.79. The van der Waals surface area contributed by atoms with Crippen LogP contribution in [-0.2, 0) is 4.74 Å². The van der Waals surface area contributed by atoms with Crippen molar-refractivity contribution in [1.82, 2.24) is 4.98 Å². The van der Waals surface area contributed by atoms with Crippen molar-refractivity contribution in [3.8, 4) is 0 Å². The number of pyridine rings is 1. The van der Waals surface area contributed by atoms with E-state index in [1.807, 2.05) is 12.1 Å². The number of aromatic nitrogens is 1. The third-order valence-electron chi connectivity index (χ3n) is 2.56. The maximum absolute atomic E-state index is 10.4. The molecular weight excluding hydrogens is 196 g/mol. The lowest BCUT2D eigenvalue weighted by atomic mass is 9.88. The van der Waals surface area contributed by atoms with Crippen molar-refractivity contribution in [3.63, 3.8) is 0 Å². The van der Waals surface area contributed by atoms with Crippen molar-refractivity contribution in [2.24, 2.45) is 0 Å². The molecule has 2 unspecified atom stereocenters. The van der Waals surface area contributed by atoms with Crippen molar-refractivity contribution in [1.29, 1.82) is 0 Å². The van der Waals surface area contributed by atoms with Crippen LogP contribution >= 0.6 is 0 Å². The third-order valence-corrected chi connectivity index (χ3v) is 2.56. The van der Waals surface area contributed by atoms with Crippen LogP contribution in [0, 0.1) is 10.1 Å². The van der Waals surface area contributed by atoms with E-state index in [1.54, 1.807) is 19.3 Å². The Bertz CT molecular complexity index is 360. The van der Waals surface area contributed by atoms with E-state index in [2.05, 4.69) is 4.98 Å². The Hall–Kier alpha value is -1.49. The maximum atomic E-state index is 10.4. The lowest BCUT2D eigenvalue weighted by molar-refractivity contribution is -0.513. The molecule has 1 fully saturated rings. The lowest BCUT2D eigenvalue weighted by Gasteiger charge is -2.42. The topological polar surface area (TPSA) is 65.3 Å². The predicted molar refractivity (Wildman–Crippen MR) is 52.9 cm³/mol. The summed E-state index contributed by atoms with van der Waals surface area (Å²) in [6.07, 6.45) is 4.07. The molecular formula is C10H12N2O3. The molecule has 0 N–H and O–H groups in total. The van der Waals surface area contributed by atoms with Gasteiger partial charge in [-0.2, -0.15) is 0 Å². The molecule has 0 radical (unpaired) electrons. The molecule has 0 bridgehead atoms. The Morgan fingerprint density at radius 2 is 2.53 bits per heavy atom. The molecule has 1 aliphatic rings. The van der Waals surface area contributed by atoms with E-state index in [-0.39, 0.29) is 17.6 Å². The van der Waals surface area contributed by atoms with Crippen LogP contribution < -0.4 is 0 Å². The normalized spacial score (nSPS) is 29.5. The van der Waals surface area contributed by atoms with Crippen molar-refractivity contribution >= 4 is 0 Å². The van der Waals surface area contributed by atoms with Crippen LogP contribution in [0.4, 0.5) is 0 Å². The van der Waals surface area contributed by atoms with Crippen LogP contribution in [0.15, 0.2) is 24.5 Å². The highest BCUT2D eigenvalue weighted by atomic mass is 16.6. The Balaban J connectivity index is 1.96. The maximum Gasteiger partial charge on any atom is 0.232 e. The zero-order chi connectivity index (χ0) is 10.9. The minimum absolute atomic E-state index is 0.0383. The summed E-state index contributed by atoms with van der Waals surface area (Å²) >= 11 is 0. The van der Waals surface area contributed by atoms with Gasteiger partial charge in [-0.1, -0.05) is 6.07 Å². The van der Waals surface area contributed by atoms with Crippen LogP contribution in [0.3, 0.4) is 0 Å². The Morgan fingerprint density at radius 3 is 3.07 bits per heavy atom. The molecule has 1 aromatic heterocycles. The van der Waals surface area contributed by atoms with Crippen molar-refractivity contribution in [3.05, 3.63) is 40.2 Å². The molecule has 0 amide bonds. The molecule has 80 valence electrons. The minimum Gasteiger partial charge on any atom is -0.360 e. The van der Waals surface area contributed by atoms with Gasteiger partial charge in [-0.3, -0.25) is 15.1 Å². The number of hydrogen-bond acceptors (Lipinski definition) is 4. The van der Waals surface area contributed by atoms with Gasteiger partial charge in [0.15, 0.2) is 0 Å². The van der Waals surface area contributed by atoms with E-state index in [4.69, 9.17) is 4.74 Å². The summed E-state index contributed by atoms with van der Waals surface area (Å²) in [5.74, 6) is 0. The van der Waals surface area contributed by atoms with Gasteiger partial charge >= 0.3 is 0 Å². The largest absolute Gasteiger partial charge is 0.360 e. The van der Waals surface area contributed by atoms with E-state index in [9.17, 15) is 10.1 Å². The van der Waals surface area contributed by atoms with Gasteiger partial charge in [0.1, 0.15) is 5.60 Å². The fraction of sp³-hybridized carbons (Fsp3) is 0.500. The SMILES string of the molecule is CC1(C[N+](=O)[O-])CC(c2cccnc2)O1. The molecule has 0 saturated carbocycles. The Kier molecular flexibility index (Phi) is 2.40. The van der Waals surface area contributed by atoms with Gasteiger partial charge in [0.05, 0.1) is 6.10 Å². The van der Waals surface area contributed by atoms with E-state index < -0.39 is 5.60 Å². The van der Waals surface area contributed by atoms with Crippen LogP contribution in [0.25, 0.3) is 0 Å². The van der Waals surface area contributed by atoms with E-state index >= 15 is 0 Å². The highest BCUT2D eigenvalue weighted by Gasteiger charge is 2.46. The molecule has 2 rings (SSSR count). The van der Waals surface area contributed by atoms with Gasteiger partial charge in [0, 0.05) is 23.7 Å². The van der Waals surface area contributed by atoms with Crippen LogP contribution in [0.5, 0.6) is 0 Å². The van der Waals surface area contributed by atoms with Gasteiger partial charge in [-0.15, -0.1) is 0 Å². The molecule has 5 heteroatoms. The zero-order valence-corrected chi connectivity index (χ0v) is 8.42. The summed E-state index contributed by atoms with van der Waals surface area (Å²) in [6, 6.07) is 3.76. The highest BCUT2D eigenvalue weighted by molar-refractivity contribution is 5.16. The van der Waals surface area contributed by atoms with Gasteiger partial charge in [-0.25, -0.2) is 0 Å². The first-order chi connectivity index (χ1) is 7.09. The van der Waals surface area contributed by atoms with Gasteiger partial charge in [0.2, 0.25) is 6.54 Å². The Labute approximate surface area is 87.2 Å². The molecule has 1 aromatic rings. The number of hydrogen-bond donors (Lipinski definition) is 0. The van der Waals surface area contributed by atoms with Crippen molar-refractivity contribution < 1.29 is 9.66 Å². The second kappa shape index (κ2) is 3.58. The summed E-state index contributed by atoms with van der Waals surface area (Å²) < 4.78 is 5.54. The Morgan fingerprint density at radius 1 is 1.80 bits per heavy atom. The highest BCUT2D eigenvalue weighted by Crippen LogP contribution is 2.42. The molecule has 1 aliphatic heterocycles. The lowest BCUT2D eigenvalue weighted by Crippen LogP contribution is -2.48. The number of rotatable bonds is 3. The first kappa shape index (κ1) is 10.0. The fourth-order valence-electron chi connectivity index (χ4n) is 1.85. The summed E-state index contributed by atoms with van der Waals surface area (Å²) in [4.78, 5) is 14.0. The summed E-state index contributed by atoms with van der Waals surface area (Å²) in [6.45, 7) is 1.63. The number of nitro groups is 1. The smallest absolute Gasteiger partial charge is 0.232 e. The monoisotopic (exact) mass is 208 g/mol. The van der Waals surface area contributed by atoms with E-state index in [1.165, 1.54) is 0 Å². The van der Waals surface area contributed by atoms with Gasteiger partial charge in [-0.05, 0) is 18.6 Å². The molecule has 5 nitrogen and oxygen atoms in total. The fourth-order valence-corrected chi connectivity index (χ4v) is 1.85. The zero-order valence-electron chi connectivity index (χ0n) is 8.42. The number of nitrogens with zero attached hydrogens (tertiary/aromatic N) is 2. The van der Waals surface area contributed by atoms with Crippen LogP contribution in [0.2, 0.25) is 0 Å². The van der Waals surface area contributed by atoms with E-state index in [0.29, 0.717) is 6.42 Å². The summed E-state index contributed by atoms with van der Waals surface area (Å²) in [5.41, 5.74) is 0.377. The second-order valence-corrected chi connectivity index (χ2v) is 4.04. The first-order valence-corrected chi connectivity index (χ1v) is 4.79. The number of ether oxygens (including phenoxy) is 1. The quantitative estimate of drug-likeness (QED) is 0.558. The minimum atomic E-state index is -0.607. The van der Waals surface area contributed by atoms with Gasteiger partial charge in [0.25, 0.3) is 0 Å². The molecule has 2 atom stereocenters. The molecule has 0 aliphatic carbocycles. The van der Waals surface area contributed by atoms with Crippen molar-refractivity contribution in [2.45, 2.75) is 25.0 Å². The molecule has 0 spiro atoms. The average Bonchev–Trinajstić information content (AvgIpc) is 2.14. The molecule has 15 heavy (non-hydrogen) atoms. The van der Waals surface area contributed by atoms with Gasteiger partial charge < -0.3 is 4.74 Å². The van der Waals surface area contributed by atoms with E-state index in [0.717, 1.165) is 5.56 Å². The predicted octanol–water partition coefficient (Wildman–Crippen LogP) is 1.58. The molecule has 1 saturated heterocycles. The van der Waals surface area contributed by atoms with Crippen molar-refractivity contribution in [2.75, 3.05) is 6.54 Å². The summed E-state index contributed by atoms with van der Waals surface area (Å²) in [5, 5.41) is 10.4. The second-order valence-electron chi connectivity index (χ2n) is 4.04.